The van der Waals surface area contributed by atoms with Crippen LogP contribution in [0.25, 0.3) is 0 Å². The summed E-state index contributed by atoms with van der Waals surface area (Å²) < 4.78 is 23.4. The van der Waals surface area contributed by atoms with Gasteiger partial charge in [0, 0.05) is 5.56 Å². The molecule has 0 unspecified atom stereocenters. The Morgan fingerprint density at radius 3 is 2.62 bits per heavy atom. The highest BCUT2D eigenvalue weighted by Gasteiger charge is 2.11. The summed E-state index contributed by atoms with van der Waals surface area (Å²) in [6, 6.07) is 4.18. The molecule has 21 heavy (non-hydrogen) atoms. The number of methoxy groups -OCH3 is 1. The van der Waals surface area contributed by atoms with E-state index in [-0.39, 0.29) is 17.3 Å². The molecule has 0 radical (unpaired) electrons. The van der Waals surface area contributed by atoms with E-state index in [9.17, 15) is 9.18 Å². The zero-order valence-electron chi connectivity index (χ0n) is 11.6. The van der Waals surface area contributed by atoms with Gasteiger partial charge in [-0.15, -0.1) is 0 Å². The van der Waals surface area contributed by atoms with E-state index in [1.807, 2.05) is 6.92 Å². The number of carbonyl (C=O) groups excluding carboxylic acids is 1. The van der Waals surface area contributed by atoms with Crippen LogP contribution in [-0.2, 0) is 0 Å². The van der Waals surface area contributed by atoms with Gasteiger partial charge in [-0.25, -0.2) is 14.4 Å². The molecule has 1 aromatic heterocycles. The molecule has 110 valence electrons. The molecule has 2 aromatic rings. The van der Waals surface area contributed by atoms with Crippen molar-refractivity contribution >= 4 is 11.6 Å². The fraction of sp³-hybridized carbons (Fsp3) is 0.214. The van der Waals surface area contributed by atoms with Crippen LogP contribution in [0.3, 0.4) is 0 Å². The maximum absolute atomic E-state index is 13.5. The monoisotopic (exact) mass is 291 g/mol. The molecule has 1 amide bonds. The normalized spacial score (nSPS) is 10.0. The molecule has 0 atom stereocenters. The summed E-state index contributed by atoms with van der Waals surface area (Å²) in [6.07, 6.45) is 2.82. The van der Waals surface area contributed by atoms with E-state index in [0.29, 0.717) is 12.3 Å². The van der Waals surface area contributed by atoms with Crippen molar-refractivity contribution in [1.82, 2.24) is 9.97 Å². The first-order valence-electron chi connectivity index (χ1n) is 6.23. The number of ether oxygens (including phenoxy) is 2. The lowest BCUT2D eigenvalue weighted by molar-refractivity contribution is 0.102. The lowest BCUT2D eigenvalue weighted by Gasteiger charge is -2.07. The molecule has 7 heteroatoms. The molecule has 0 aliphatic carbocycles. The number of nitrogens with zero attached hydrogens (tertiary/aromatic N) is 2. The highest BCUT2D eigenvalue weighted by molar-refractivity contribution is 6.04. The Hall–Kier alpha value is -2.70. The van der Waals surface area contributed by atoms with E-state index in [2.05, 4.69) is 15.3 Å². The maximum atomic E-state index is 13.5. The van der Waals surface area contributed by atoms with Crippen LogP contribution in [0.2, 0.25) is 0 Å². The average Bonchev–Trinajstić information content (AvgIpc) is 2.49. The predicted molar refractivity (Wildman–Crippen MR) is 74.1 cm³/mol. The van der Waals surface area contributed by atoms with Gasteiger partial charge in [-0.3, -0.25) is 4.79 Å². The Balaban J connectivity index is 2.08. The van der Waals surface area contributed by atoms with Crippen molar-refractivity contribution in [3.05, 3.63) is 42.0 Å². The van der Waals surface area contributed by atoms with Gasteiger partial charge in [0.15, 0.2) is 11.6 Å². The fourth-order valence-corrected chi connectivity index (χ4v) is 1.60. The number of carbonyl (C=O) groups is 1. The number of amides is 1. The molecule has 6 nitrogen and oxygen atoms in total. The van der Waals surface area contributed by atoms with Gasteiger partial charge in [0.2, 0.25) is 0 Å². The summed E-state index contributed by atoms with van der Waals surface area (Å²) in [5.74, 6) is -0.992. The summed E-state index contributed by atoms with van der Waals surface area (Å²) in [5, 5.41) is 2.57. The van der Waals surface area contributed by atoms with E-state index in [1.165, 1.54) is 31.6 Å². The molecule has 1 heterocycles. The van der Waals surface area contributed by atoms with Gasteiger partial charge in [0.25, 0.3) is 5.91 Å². The van der Waals surface area contributed by atoms with Crippen LogP contribution >= 0.6 is 0 Å². The Morgan fingerprint density at radius 2 is 2.05 bits per heavy atom. The summed E-state index contributed by atoms with van der Waals surface area (Å²) >= 11 is 0. The van der Waals surface area contributed by atoms with Crippen molar-refractivity contribution < 1.29 is 18.7 Å². The third-order valence-corrected chi connectivity index (χ3v) is 2.57. The lowest BCUT2D eigenvalue weighted by Crippen LogP contribution is -2.13. The molecule has 1 N–H and O–H groups in total. The van der Waals surface area contributed by atoms with Crippen LogP contribution in [0.1, 0.15) is 17.3 Å². The summed E-state index contributed by atoms with van der Waals surface area (Å²) in [6.45, 7) is 2.27. The Morgan fingerprint density at radius 1 is 1.33 bits per heavy atom. The number of hydrogen-bond acceptors (Lipinski definition) is 5. The van der Waals surface area contributed by atoms with Crippen molar-refractivity contribution in [3.63, 3.8) is 0 Å². The Labute approximate surface area is 120 Å². The van der Waals surface area contributed by atoms with Crippen LogP contribution < -0.4 is 14.8 Å². The molecular formula is C14H14FN3O3. The first-order chi connectivity index (χ1) is 10.1. The van der Waals surface area contributed by atoms with Crippen molar-refractivity contribution in [1.29, 1.82) is 0 Å². The number of benzene rings is 1. The number of rotatable bonds is 5. The van der Waals surface area contributed by atoms with Crippen molar-refractivity contribution in [2.24, 2.45) is 0 Å². The topological polar surface area (TPSA) is 73.3 Å². The van der Waals surface area contributed by atoms with Crippen LogP contribution in [0.15, 0.2) is 30.6 Å². The van der Waals surface area contributed by atoms with Gasteiger partial charge >= 0.3 is 6.01 Å². The molecule has 0 saturated heterocycles. The quantitative estimate of drug-likeness (QED) is 0.914. The molecule has 1 aromatic carbocycles. The number of nitrogens with one attached hydrogen (secondary N) is 1. The smallest absolute Gasteiger partial charge is 0.316 e. The second-order valence-electron chi connectivity index (χ2n) is 3.99. The third-order valence-electron chi connectivity index (χ3n) is 2.57. The van der Waals surface area contributed by atoms with Gasteiger partial charge in [-0.05, 0) is 25.1 Å². The maximum Gasteiger partial charge on any atom is 0.316 e. The number of aromatic nitrogens is 2. The molecule has 0 aliphatic rings. The van der Waals surface area contributed by atoms with Crippen LogP contribution in [0, 0.1) is 5.82 Å². The van der Waals surface area contributed by atoms with E-state index in [0.717, 1.165) is 6.07 Å². The fourth-order valence-electron chi connectivity index (χ4n) is 1.60. The predicted octanol–water partition coefficient (Wildman–Crippen LogP) is 2.28. The zero-order valence-corrected chi connectivity index (χ0v) is 11.6. The van der Waals surface area contributed by atoms with Gasteiger partial charge in [-0.1, -0.05) is 0 Å². The lowest BCUT2D eigenvalue weighted by atomic mass is 10.2. The molecule has 0 fully saturated rings. The van der Waals surface area contributed by atoms with Crippen LogP contribution in [0.4, 0.5) is 10.1 Å². The second-order valence-corrected chi connectivity index (χ2v) is 3.99. The first-order valence-corrected chi connectivity index (χ1v) is 6.23. The highest BCUT2D eigenvalue weighted by atomic mass is 19.1. The molecule has 2 rings (SSSR count). The standard InChI is InChI=1S/C14H14FN3O3/c1-3-21-14-16-7-10(8-17-14)18-13(19)9-4-5-12(20-2)11(15)6-9/h4-8H,3H2,1-2H3,(H,18,19). The Kier molecular flexibility index (Phi) is 4.65. The number of halogens is 1. The largest absolute Gasteiger partial charge is 0.494 e. The molecule has 0 bridgehead atoms. The molecular weight excluding hydrogens is 277 g/mol. The second kappa shape index (κ2) is 6.65. The average molecular weight is 291 g/mol. The van der Waals surface area contributed by atoms with Crippen LogP contribution in [0.5, 0.6) is 11.8 Å². The highest BCUT2D eigenvalue weighted by Crippen LogP contribution is 2.18. The van der Waals surface area contributed by atoms with Crippen molar-refractivity contribution in [2.45, 2.75) is 6.92 Å². The number of hydrogen-bond donors (Lipinski definition) is 1. The molecule has 0 saturated carbocycles. The van der Waals surface area contributed by atoms with E-state index in [1.54, 1.807) is 0 Å². The van der Waals surface area contributed by atoms with Crippen molar-refractivity contribution in [3.8, 4) is 11.8 Å². The van der Waals surface area contributed by atoms with Gasteiger partial charge in [0.05, 0.1) is 31.8 Å². The van der Waals surface area contributed by atoms with Crippen LogP contribution in [-0.4, -0.2) is 29.6 Å². The summed E-state index contributed by atoms with van der Waals surface area (Å²) in [5.41, 5.74) is 0.557. The third kappa shape index (κ3) is 3.65. The number of anilines is 1. The SMILES string of the molecule is CCOc1ncc(NC(=O)c2ccc(OC)c(F)c2)cn1. The Bertz CT molecular complexity index is 632. The van der Waals surface area contributed by atoms with Gasteiger partial charge in [0.1, 0.15) is 0 Å². The van der Waals surface area contributed by atoms with E-state index in [4.69, 9.17) is 9.47 Å². The van der Waals surface area contributed by atoms with E-state index >= 15 is 0 Å². The summed E-state index contributed by atoms with van der Waals surface area (Å²) in [4.78, 5) is 19.8. The minimum absolute atomic E-state index is 0.0796. The molecule has 0 aliphatic heterocycles. The first kappa shape index (κ1) is 14.7. The molecule has 0 spiro atoms. The summed E-state index contributed by atoms with van der Waals surface area (Å²) in [7, 11) is 1.36. The van der Waals surface area contributed by atoms with Gasteiger partial charge in [-0.2, -0.15) is 0 Å². The van der Waals surface area contributed by atoms with Crippen molar-refractivity contribution in [2.75, 3.05) is 19.0 Å². The van der Waals surface area contributed by atoms with E-state index < -0.39 is 11.7 Å². The zero-order chi connectivity index (χ0) is 15.2. The minimum atomic E-state index is -0.604. The van der Waals surface area contributed by atoms with Gasteiger partial charge < -0.3 is 14.8 Å². The minimum Gasteiger partial charge on any atom is -0.494 e.